The van der Waals surface area contributed by atoms with Crippen LogP contribution >= 0.6 is 0 Å². The summed E-state index contributed by atoms with van der Waals surface area (Å²) in [5.41, 5.74) is 1.42. The third kappa shape index (κ3) is 9.17. The number of hydrogen-bond donors (Lipinski definition) is 1. The highest BCUT2D eigenvalue weighted by Gasteiger charge is 1.88. The first-order valence-corrected chi connectivity index (χ1v) is 5.03. The molecular formula is C12H20O. The zero-order valence-corrected chi connectivity index (χ0v) is 8.77. The van der Waals surface area contributed by atoms with Crippen LogP contribution in [0, 0.1) is 11.8 Å². The Balaban J connectivity index is 3.50. The van der Waals surface area contributed by atoms with Crippen molar-refractivity contribution in [2.75, 3.05) is 6.61 Å². The fourth-order valence-electron chi connectivity index (χ4n) is 1.11. The molecule has 0 aliphatic heterocycles. The lowest BCUT2D eigenvalue weighted by atomic mass is 10.1. The van der Waals surface area contributed by atoms with Gasteiger partial charge in [0.1, 0.15) is 6.61 Å². The molecule has 0 aliphatic carbocycles. The predicted molar refractivity (Wildman–Crippen MR) is 57.4 cm³/mol. The smallest absolute Gasteiger partial charge is 0.104 e. The fraction of sp³-hybridized carbons (Fsp3) is 0.667. The van der Waals surface area contributed by atoms with E-state index >= 15 is 0 Å². The molecule has 0 saturated carbocycles. The Morgan fingerprint density at radius 1 is 1.31 bits per heavy atom. The summed E-state index contributed by atoms with van der Waals surface area (Å²) in [6.45, 7) is 4.34. The van der Waals surface area contributed by atoms with Crippen molar-refractivity contribution in [2.45, 2.75) is 46.0 Å². The van der Waals surface area contributed by atoms with Gasteiger partial charge in [0.2, 0.25) is 0 Å². The van der Waals surface area contributed by atoms with Crippen LogP contribution in [-0.4, -0.2) is 11.7 Å². The minimum atomic E-state index is -0.0251. The summed E-state index contributed by atoms with van der Waals surface area (Å²) in [6, 6.07) is 0. The van der Waals surface area contributed by atoms with Gasteiger partial charge >= 0.3 is 0 Å². The summed E-state index contributed by atoms with van der Waals surface area (Å²) >= 11 is 0. The van der Waals surface area contributed by atoms with Crippen molar-refractivity contribution >= 4 is 0 Å². The van der Waals surface area contributed by atoms with Gasteiger partial charge in [-0.05, 0) is 19.8 Å². The molecule has 0 heterocycles. The average molecular weight is 180 g/mol. The zero-order chi connectivity index (χ0) is 9.94. The highest BCUT2D eigenvalue weighted by Crippen LogP contribution is 2.08. The second-order valence-electron chi connectivity index (χ2n) is 3.22. The number of allylic oxidation sites excluding steroid dienone is 2. The van der Waals surface area contributed by atoms with E-state index in [-0.39, 0.29) is 6.61 Å². The minimum Gasteiger partial charge on any atom is -0.384 e. The molecule has 0 aromatic carbocycles. The molecule has 1 nitrogen and oxygen atoms in total. The number of hydrogen-bond acceptors (Lipinski definition) is 1. The van der Waals surface area contributed by atoms with Crippen molar-refractivity contribution in [1.29, 1.82) is 0 Å². The molecular weight excluding hydrogens is 160 g/mol. The van der Waals surface area contributed by atoms with Gasteiger partial charge in [-0.3, -0.25) is 0 Å². The third-order valence-electron chi connectivity index (χ3n) is 1.93. The lowest BCUT2D eigenvalue weighted by Gasteiger charge is -1.98. The van der Waals surface area contributed by atoms with Crippen LogP contribution in [0.3, 0.4) is 0 Å². The standard InChI is InChI=1S/C12H20O/c1-3-4-6-9-12(2)10-7-5-8-11-13/h10,13H,3-4,6-7,9,11H2,1-2H3. The van der Waals surface area contributed by atoms with Crippen molar-refractivity contribution in [3.8, 4) is 11.8 Å². The second kappa shape index (κ2) is 9.35. The highest BCUT2D eigenvalue weighted by atomic mass is 16.2. The summed E-state index contributed by atoms with van der Waals surface area (Å²) in [5.74, 6) is 5.51. The molecule has 0 aliphatic rings. The highest BCUT2D eigenvalue weighted by molar-refractivity contribution is 5.08. The van der Waals surface area contributed by atoms with Gasteiger partial charge in [-0.15, -0.1) is 0 Å². The normalized spacial score (nSPS) is 10.8. The second-order valence-corrected chi connectivity index (χ2v) is 3.22. The van der Waals surface area contributed by atoms with E-state index in [1.165, 1.54) is 31.3 Å². The minimum absolute atomic E-state index is 0.0251. The van der Waals surface area contributed by atoms with Crippen LogP contribution in [0.2, 0.25) is 0 Å². The molecule has 13 heavy (non-hydrogen) atoms. The number of aliphatic hydroxyl groups is 1. The van der Waals surface area contributed by atoms with E-state index in [2.05, 4.69) is 31.8 Å². The van der Waals surface area contributed by atoms with Crippen LogP contribution in [0.15, 0.2) is 11.6 Å². The van der Waals surface area contributed by atoms with E-state index in [0.717, 1.165) is 6.42 Å². The monoisotopic (exact) mass is 180 g/mol. The molecule has 0 bridgehead atoms. The largest absolute Gasteiger partial charge is 0.384 e. The molecule has 74 valence electrons. The van der Waals surface area contributed by atoms with Gasteiger partial charge in [0.25, 0.3) is 0 Å². The van der Waals surface area contributed by atoms with E-state index in [0.29, 0.717) is 0 Å². The maximum Gasteiger partial charge on any atom is 0.104 e. The quantitative estimate of drug-likeness (QED) is 0.392. The van der Waals surface area contributed by atoms with Gasteiger partial charge in [-0.2, -0.15) is 0 Å². The summed E-state index contributed by atoms with van der Waals surface area (Å²) in [5, 5.41) is 8.41. The fourth-order valence-corrected chi connectivity index (χ4v) is 1.11. The predicted octanol–water partition coefficient (Wildman–Crippen LogP) is 2.90. The Hall–Kier alpha value is -0.740. The molecule has 0 aromatic rings. The van der Waals surface area contributed by atoms with Crippen molar-refractivity contribution in [3.05, 3.63) is 11.6 Å². The van der Waals surface area contributed by atoms with Crippen molar-refractivity contribution in [1.82, 2.24) is 0 Å². The van der Waals surface area contributed by atoms with Gasteiger partial charge in [-0.25, -0.2) is 0 Å². The summed E-state index contributed by atoms with van der Waals surface area (Å²) in [6.07, 6.45) is 7.99. The Bertz CT molecular complexity index is 193. The zero-order valence-electron chi connectivity index (χ0n) is 8.77. The SMILES string of the molecule is CCCCCC(C)=CCC#CCO. The molecule has 0 fully saturated rings. The van der Waals surface area contributed by atoms with Gasteiger partial charge < -0.3 is 5.11 Å². The lowest BCUT2D eigenvalue weighted by molar-refractivity contribution is 0.350. The number of rotatable bonds is 5. The first-order valence-electron chi connectivity index (χ1n) is 5.03. The summed E-state index contributed by atoms with van der Waals surface area (Å²) in [4.78, 5) is 0. The van der Waals surface area contributed by atoms with Crippen LogP contribution < -0.4 is 0 Å². The van der Waals surface area contributed by atoms with E-state index in [9.17, 15) is 0 Å². The van der Waals surface area contributed by atoms with Gasteiger partial charge in [0, 0.05) is 6.42 Å². The first kappa shape index (κ1) is 12.3. The molecule has 0 aromatic heterocycles. The Labute approximate surface area is 81.9 Å². The molecule has 1 heteroatoms. The molecule has 0 spiro atoms. The molecule has 0 rings (SSSR count). The average Bonchev–Trinajstić information content (AvgIpc) is 2.13. The lowest BCUT2D eigenvalue weighted by Crippen LogP contribution is -1.79. The van der Waals surface area contributed by atoms with Crippen LogP contribution in [0.4, 0.5) is 0 Å². The molecule has 0 atom stereocenters. The van der Waals surface area contributed by atoms with Crippen molar-refractivity contribution in [3.63, 3.8) is 0 Å². The molecule has 0 amide bonds. The Kier molecular flexibility index (Phi) is 8.82. The number of aliphatic hydroxyl groups excluding tert-OH is 1. The summed E-state index contributed by atoms with van der Waals surface area (Å²) in [7, 11) is 0. The van der Waals surface area contributed by atoms with Crippen LogP contribution in [0.1, 0.15) is 46.0 Å². The molecule has 0 unspecified atom stereocenters. The van der Waals surface area contributed by atoms with Gasteiger partial charge in [-0.1, -0.05) is 43.3 Å². The van der Waals surface area contributed by atoms with E-state index in [4.69, 9.17) is 5.11 Å². The van der Waals surface area contributed by atoms with Crippen molar-refractivity contribution < 1.29 is 5.11 Å². The maximum absolute atomic E-state index is 8.41. The maximum atomic E-state index is 8.41. The van der Waals surface area contributed by atoms with Crippen LogP contribution in [-0.2, 0) is 0 Å². The topological polar surface area (TPSA) is 20.2 Å². The van der Waals surface area contributed by atoms with E-state index in [1.807, 2.05) is 0 Å². The first-order chi connectivity index (χ1) is 6.31. The third-order valence-corrected chi connectivity index (χ3v) is 1.93. The molecule has 0 saturated heterocycles. The van der Waals surface area contributed by atoms with Gasteiger partial charge in [0.05, 0.1) is 0 Å². The van der Waals surface area contributed by atoms with E-state index < -0.39 is 0 Å². The van der Waals surface area contributed by atoms with E-state index in [1.54, 1.807) is 0 Å². The summed E-state index contributed by atoms with van der Waals surface area (Å²) < 4.78 is 0. The van der Waals surface area contributed by atoms with Crippen LogP contribution in [0.5, 0.6) is 0 Å². The van der Waals surface area contributed by atoms with Gasteiger partial charge in [0.15, 0.2) is 0 Å². The Morgan fingerprint density at radius 2 is 2.08 bits per heavy atom. The van der Waals surface area contributed by atoms with Crippen LogP contribution in [0.25, 0.3) is 0 Å². The number of unbranched alkanes of at least 4 members (excludes halogenated alkanes) is 2. The van der Waals surface area contributed by atoms with Crippen molar-refractivity contribution in [2.24, 2.45) is 0 Å². The molecule has 1 N–H and O–H groups in total. The Morgan fingerprint density at radius 3 is 2.69 bits per heavy atom. The molecule has 0 radical (unpaired) electrons.